The van der Waals surface area contributed by atoms with Crippen LogP contribution in [0.15, 0.2) is 72.8 Å². The molecule has 4 aromatic rings. The first-order chi connectivity index (χ1) is 20.8. The Bertz CT molecular complexity index is 1800. The van der Waals surface area contributed by atoms with Crippen LogP contribution in [0.1, 0.15) is 103 Å². The number of rotatable bonds is 7. The minimum absolute atomic E-state index is 0.0401. The molecular formula is C37H38N2O5. The third-order valence-corrected chi connectivity index (χ3v) is 9.92. The molecule has 44 heavy (non-hydrogen) atoms. The Morgan fingerprint density at radius 1 is 0.727 bits per heavy atom. The van der Waals surface area contributed by atoms with Gasteiger partial charge in [0.1, 0.15) is 11.5 Å². The Morgan fingerprint density at radius 3 is 1.75 bits per heavy atom. The summed E-state index contributed by atoms with van der Waals surface area (Å²) in [5, 5.41) is 12.2. The summed E-state index contributed by atoms with van der Waals surface area (Å²) in [5.41, 5.74) is 2.61. The number of aliphatic hydroxyl groups excluding tert-OH is 1. The number of ether oxygens (including phenoxy) is 1. The fourth-order valence-corrected chi connectivity index (χ4v) is 6.08. The maximum atomic E-state index is 13.8. The number of carbonyl (C=O) groups is 3. The van der Waals surface area contributed by atoms with Crippen molar-refractivity contribution in [3.05, 3.63) is 101 Å². The highest BCUT2D eigenvalue weighted by molar-refractivity contribution is 6.37. The van der Waals surface area contributed by atoms with Gasteiger partial charge in [0.2, 0.25) is 0 Å². The standard InChI is InChI=1S/C37H38N2O5/c1-8-36(4,5)39-34(42)28-19-17-26-30-27(18-20-29(31(28)30)35(39)43)33(41)38(32(26)40)23-11-15-25(16-12-23)44-24-13-9-22(10-14-24)37(6,7)21(2)3/h9-21,34,42H,8H2,1-7H3. The van der Waals surface area contributed by atoms with Gasteiger partial charge in [-0.25, -0.2) is 4.90 Å². The Hall–Kier alpha value is -4.49. The highest BCUT2D eigenvalue weighted by Gasteiger charge is 2.43. The van der Waals surface area contributed by atoms with Crippen molar-refractivity contribution in [3.63, 3.8) is 0 Å². The minimum Gasteiger partial charge on any atom is -0.457 e. The van der Waals surface area contributed by atoms with Gasteiger partial charge in [0.05, 0.1) is 5.69 Å². The lowest BCUT2D eigenvalue weighted by atomic mass is 9.75. The van der Waals surface area contributed by atoms with Gasteiger partial charge >= 0.3 is 0 Å². The van der Waals surface area contributed by atoms with Crippen molar-refractivity contribution in [2.45, 2.75) is 72.1 Å². The lowest BCUT2D eigenvalue weighted by Gasteiger charge is -2.44. The topological polar surface area (TPSA) is 87.2 Å². The Morgan fingerprint density at radius 2 is 1.23 bits per heavy atom. The molecule has 0 saturated heterocycles. The number of hydrogen-bond donors (Lipinski definition) is 1. The van der Waals surface area contributed by atoms with Gasteiger partial charge in [-0.05, 0) is 91.8 Å². The van der Waals surface area contributed by atoms with E-state index < -0.39 is 23.6 Å². The van der Waals surface area contributed by atoms with Gasteiger partial charge in [-0.1, -0.05) is 52.8 Å². The van der Waals surface area contributed by atoms with E-state index in [1.165, 1.54) is 10.5 Å². The average molecular weight is 591 g/mol. The van der Waals surface area contributed by atoms with E-state index in [9.17, 15) is 19.5 Å². The molecule has 226 valence electrons. The predicted octanol–water partition coefficient (Wildman–Crippen LogP) is 8.00. The Kier molecular flexibility index (Phi) is 6.93. The lowest BCUT2D eigenvalue weighted by molar-refractivity contribution is -0.0414. The molecule has 2 aliphatic heterocycles. The highest BCUT2D eigenvalue weighted by Crippen LogP contribution is 2.44. The van der Waals surface area contributed by atoms with E-state index in [1.54, 1.807) is 48.5 Å². The molecule has 4 aromatic carbocycles. The Labute approximate surface area is 258 Å². The molecule has 7 nitrogen and oxygen atoms in total. The molecule has 2 heterocycles. The largest absolute Gasteiger partial charge is 0.457 e. The van der Waals surface area contributed by atoms with Crippen molar-refractivity contribution in [1.29, 1.82) is 0 Å². The van der Waals surface area contributed by atoms with Crippen molar-refractivity contribution in [2.24, 2.45) is 5.92 Å². The molecule has 0 fully saturated rings. The van der Waals surface area contributed by atoms with Crippen molar-refractivity contribution >= 4 is 34.2 Å². The summed E-state index contributed by atoms with van der Waals surface area (Å²) < 4.78 is 6.06. The van der Waals surface area contributed by atoms with Gasteiger partial charge < -0.3 is 14.7 Å². The smallest absolute Gasteiger partial charge is 0.265 e. The number of nitrogens with zero attached hydrogens (tertiary/aromatic N) is 2. The van der Waals surface area contributed by atoms with E-state index in [4.69, 9.17) is 4.74 Å². The zero-order valence-electron chi connectivity index (χ0n) is 26.3. The number of carbonyl (C=O) groups excluding carboxylic acids is 3. The molecule has 1 N–H and O–H groups in total. The molecule has 2 aliphatic rings. The molecule has 6 rings (SSSR count). The molecule has 0 spiro atoms. The minimum atomic E-state index is -1.19. The van der Waals surface area contributed by atoms with Crippen molar-refractivity contribution in [1.82, 2.24) is 4.90 Å². The van der Waals surface area contributed by atoms with Crippen LogP contribution in [0.4, 0.5) is 5.69 Å². The second-order valence-corrected chi connectivity index (χ2v) is 13.3. The first-order valence-electron chi connectivity index (χ1n) is 15.2. The van der Waals surface area contributed by atoms with Gasteiger partial charge in [0.25, 0.3) is 17.7 Å². The average Bonchev–Trinajstić information content (AvgIpc) is 2.99. The van der Waals surface area contributed by atoms with E-state index in [0.29, 0.717) is 62.6 Å². The molecule has 1 unspecified atom stereocenters. The van der Waals surface area contributed by atoms with E-state index in [-0.39, 0.29) is 11.3 Å². The first kappa shape index (κ1) is 29.6. The molecule has 0 aliphatic carbocycles. The fraction of sp³-hybridized carbons (Fsp3) is 0.324. The SMILES string of the molecule is CCC(C)(C)N1C(=O)c2ccc3c4c(ccc(c24)C1O)C(=O)N(c1ccc(Oc2ccc(C(C)(C)C(C)C)cc2)cc1)C3=O. The van der Waals surface area contributed by atoms with Crippen molar-refractivity contribution in [2.75, 3.05) is 4.90 Å². The summed E-state index contributed by atoms with van der Waals surface area (Å²) in [5.74, 6) is 0.462. The van der Waals surface area contributed by atoms with Crippen molar-refractivity contribution in [3.8, 4) is 11.5 Å². The molecule has 0 radical (unpaired) electrons. The van der Waals surface area contributed by atoms with Gasteiger partial charge in [-0.15, -0.1) is 0 Å². The normalized spacial score (nSPS) is 16.8. The fourth-order valence-electron chi connectivity index (χ4n) is 6.08. The van der Waals surface area contributed by atoms with E-state index in [2.05, 4.69) is 39.8 Å². The summed E-state index contributed by atoms with van der Waals surface area (Å²) in [6, 6.07) is 21.5. The van der Waals surface area contributed by atoms with Gasteiger partial charge in [-0.2, -0.15) is 0 Å². The summed E-state index contributed by atoms with van der Waals surface area (Å²) in [6.45, 7) is 14.7. The monoisotopic (exact) mass is 590 g/mol. The van der Waals surface area contributed by atoms with E-state index in [0.717, 1.165) is 4.90 Å². The molecule has 0 aromatic heterocycles. The molecule has 3 amide bonds. The zero-order valence-corrected chi connectivity index (χ0v) is 26.3. The van der Waals surface area contributed by atoms with Gasteiger partial charge in [0, 0.05) is 38.6 Å². The van der Waals surface area contributed by atoms with Crippen LogP contribution < -0.4 is 9.64 Å². The van der Waals surface area contributed by atoms with E-state index >= 15 is 0 Å². The quantitative estimate of drug-likeness (QED) is 0.220. The first-order valence-corrected chi connectivity index (χ1v) is 15.2. The maximum absolute atomic E-state index is 13.8. The van der Waals surface area contributed by atoms with Crippen LogP contribution in [0.2, 0.25) is 0 Å². The van der Waals surface area contributed by atoms with Crippen LogP contribution in [-0.2, 0) is 5.41 Å². The maximum Gasteiger partial charge on any atom is 0.265 e. The second-order valence-electron chi connectivity index (χ2n) is 13.3. The summed E-state index contributed by atoms with van der Waals surface area (Å²) in [7, 11) is 0. The van der Waals surface area contributed by atoms with Crippen LogP contribution in [-0.4, -0.2) is 33.3 Å². The summed E-state index contributed by atoms with van der Waals surface area (Å²) in [4.78, 5) is 43.9. The molecular weight excluding hydrogens is 552 g/mol. The van der Waals surface area contributed by atoms with Crippen LogP contribution in [0.3, 0.4) is 0 Å². The molecule has 1 atom stereocenters. The lowest BCUT2D eigenvalue weighted by Crippen LogP contribution is -2.51. The van der Waals surface area contributed by atoms with E-state index in [1.807, 2.05) is 32.9 Å². The second kappa shape index (κ2) is 10.3. The highest BCUT2D eigenvalue weighted by atomic mass is 16.5. The molecule has 0 saturated carbocycles. The van der Waals surface area contributed by atoms with Crippen LogP contribution in [0.5, 0.6) is 11.5 Å². The summed E-state index contributed by atoms with van der Waals surface area (Å²) >= 11 is 0. The van der Waals surface area contributed by atoms with Crippen LogP contribution >= 0.6 is 0 Å². The van der Waals surface area contributed by atoms with Crippen molar-refractivity contribution < 1.29 is 24.2 Å². The molecule has 0 bridgehead atoms. The summed E-state index contributed by atoms with van der Waals surface area (Å²) in [6.07, 6.45) is -0.550. The third-order valence-electron chi connectivity index (χ3n) is 9.92. The number of hydrogen-bond acceptors (Lipinski definition) is 5. The number of anilines is 1. The zero-order chi connectivity index (χ0) is 31.7. The number of imide groups is 1. The predicted molar refractivity (Wildman–Crippen MR) is 171 cm³/mol. The van der Waals surface area contributed by atoms with Gasteiger partial charge in [-0.3, -0.25) is 14.4 Å². The number of aliphatic hydroxyl groups is 1. The number of benzene rings is 4. The van der Waals surface area contributed by atoms with Gasteiger partial charge in [0.15, 0.2) is 6.23 Å². The number of amides is 3. The molecule has 7 heteroatoms. The third kappa shape index (κ3) is 4.41. The Balaban J connectivity index is 1.30. The van der Waals surface area contributed by atoms with Crippen LogP contribution in [0, 0.1) is 5.92 Å². The van der Waals surface area contributed by atoms with Crippen LogP contribution in [0.25, 0.3) is 10.8 Å².